The van der Waals surface area contributed by atoms with Crippen molar-refractivity contribution in [1.82, 2.24) is 0 Å². The van der Waals surface area contributed by atoms with Crippen molar-refractivity contribution in [3.63, 3.8) is 0 Å². The minimum absolute atomic E-state index is 0.316. The Labute approximate surface area is 112 Å². The molecule has 0 aliphatic heterocycles. The summed E-state index contributed by atoms with van der Waals surface area (Å²) in [6.45, 7) is 2.82. The summed E-state index contributed by atoms with van der Waals surface area (Å²) < 4.78 is 0. The summed E-state index contributed by atoms with van der Waals surface area (Å²) in [5, 5.41) is 12.1. The number of aryl methyl sites for hydroxylation is 1. The smallest absolute Gasteiger partial charge is 0.335 e. The topological polar surface area (TPSA) is 49.3 Å². The maximum Gasteiger partial charge on any atom is 0.335 e. The number of carboxylic acid groups (broad SMARTS) is 1. The van der Waals surface area contributed by atoms with Crippen LogP contribution in [0.1, 0.15) is 28.4 Å². The van der Waals surface area contributed by atoms with E-state index in [2.05, 4.69) is 36.5 Å². The molecule has 0 atom stereocenters. The SMILES string of the molecule is CCc1ccc(NCc2ccc(C(=O)O)cc2)cc1. The first kappa shape index (κ1) is 13.1. The van der Waals surface area contributed by atoms with Crippen molar-refractivity contribution in [2.24, 2.45) is 0 Å². The van der Waals surface area contributed by atoms with E-state index in [1.54, 1.807) is 12.1 Å². The van der Waals surface area contributed by atoms with Gasteiger partial charge in [0.25, 0.3) is 0 Å². The molecule has 2 aromatic carbocycles. The minimum atomic E-state index is -0.894. The Bertz CT molecular complexity index is 544. The molecule has 2 rings (SSSR count). The van der Waals surface area contributed by atoms with Gasteiger partial charge in [-0.1, -0.05) is 31.2 Å². The van der Waals surface area contributed by atoms with E-state index in [1.165, 1.54) is 5.56 Å². The maximum atomic E-state index is 10.7. The third-order valence-electron chi connectivity index (χ3n) is 3.06. The van der Waals surface area contributed by atoms with E-state index in [0.29, 0.717) is 12.1 Å². The van der Waals surface area contributed by atoms with Gasteiger partial charge in [-0.25, -0.2) is 4.79 Å². The third-order valence-corrected chi connectivity index (χ3v) is 3.06. The maximum absolute atomic E-state index is 10.7. The fourth-order valence-corrected chi connectivity index (χ4v) is 1.83. The molecule has 98 valence electrons. The van der Waals surface area contributed by atoms with Crippen LogP contribution >= 0.6 is 0 Å². The molecule has 0 radical (unpaired) electrons. The van der Waals surface area contributed by atoms with Crippen LogP contribution in [-0.2, 0) is 13.0 Å². The van der Waals surface area contributed by atoms with E-state index >= 15 is 0 Å². The quantitative estimate of drug-likeness (QED) is 0.858. The average Bonchev–Trinajstić information content (AvgIpc) is 2.46. The highest BCUT2D eigenvalue weighted by atomic mass is 16.4. The molecule has 0 saturated heterocycles. The van der Waals surface area contributed by atoms with Gasteiger partial charge in [0.05, 0.1) is 5.56 Å². The normalized spacial score (nSPS) is 10.2. The van der Waals surface area contributed by atoms with E-state index in [0.717, 1.165) is 17.7 Å². The second kappa shape index (κ2) is 6.05. The molecular formula is C16H17NO2. The van der Waals surface area contributed by atoms with Crippen LogP contribution in [-0.4, -0.2) is 11.1 Å². The Kier molecular flexibility index (Phi) is 4.18. The molecule has 0 bridgehead atoms. The van der Waals surface area contributed by atoms with Gasteiger partial charge in [0.1, 0.15) is 0 Å². The molecule has 0 fully saturated rings. The van der Waals surface area contributed by atoms with E-state index in [1.807, 2.05) is 12.1 Å². The molecule has 19 heavy (non-hydrogen) atoms. The number of hydrogen-bond donors (Lipinski definition) is 2. The predicted molar refractivity (Wildman–Crippen MR) is 76.5 cm³/mol. The first-order valence-electron chi connectivity index (χ1n) is 6.34. The molecule has 3 heteroatoms. The third kappa shape index (κ3) is 3.58. The summed E-state index contributed by atoms with van der Waals surface area (Å²) in [7, 11) is 0. The van der Waals surface area contributed by atoms with Crippen molar-refractivity contribution in [1.29, 1.82) is 0 Å². The van der Waals surface area contributed by atoms with Crippen LogP contribution in [0.4, 0.5) is 5.69 Å². The number of rotatable bonds is 5. The summed E-state index contributed by atoms with van der Waals surface area (Å²) in [5.41, 5.74) is 3.76. The Morgan fingerprint density at radius 1 is 1.00 bits per heavy atom. The van der Waals surface area contributed by atoms with Gasteiger partial charge in [-0.3, -0.25) is 0 Å². The van der Waals surface area contributed by atoms with E-state index in [4.69, 9.17) is 5.11 Å². The van der Waals surface area contributed by atoms with Gasteiger partial charge >= 0.3 is 5.97 Å². The van der Waals surface area contributed by atoms with Crippen LogP contribution in [0.15, 0.2) is 48.5 Å². The highest BCUT2D eigenvalue weighted by Gasteiger charge is 2.01. The van der Waals surface area contributed by atoms with Gasteiger partial charge in [-0.15, -0.1) is 0 Å². The molecule has 2 aromatic rings. The molecule has 2 N–H and O–H groups in total. The zero-order valence-corrected chi connectivity index (χ0v) is 10.9. The molecule has 0 unspecified atom stereocenters. The number of nitrogens with one attached hydrogen (secondary N) is 1. The van der Waals surface area contributed by atoms with Crippen LogP contribution in [0.25, 0.3) is 0 Å². The Morgan fingerprint density at radius 3 is 2.11 bits per heavy atom. The summed E-state index contributed by atoms with van der Waals surface area (Å²) in [6, 6.07) is 15.2. The molecule has 0 aliphatic rings. The molecule has 0 spiro atoms. The summed E-state index contributed by atoms with van der Waals surface area (Å²) in [4.78, 5) is 10.7. The number of aromatic carboxylic acids is 1. The number of carboxylic acids is 1. The largest absolute Gasteiger partial charge is 0.478 e. The second-order valence-electron chi connectivity index (χ2n) is 4.41. The van der Waals surface area contributed by atoms with Crippen LogP contribution in [0.5, 0.6) is 0 Å². The fraction of sp³-hybridized carbons (Fsp3) is 0.188. The van der Waals surface area contributed by atoms with Crippen molar-refractivity contribution >= 4 is 11.7 Å². The van der Waals surface area contributed by atoms with Gasteiger partial charge in [0.15, 0.2) is 0 Å². The molecule has 0 aromatic heterocycles. The van der Waals surface area contributed by atoms with Crippen molar-refractivity contribution in [2.75, 3.05) is 5.32 Å². The van der Waals surface area contributed by atoms with E-state index in [9.17, 15) is 4.79 Å². The molecule has 0 amide bonds. The zero-order valence-electron chi connectivity index (χ0n) is 10.9. The summed E-state index contributed by atoms with van der Waals surface area (Å²) in [6.07, 6.45) is 1.04. The van der Waals surface area contributed by atoms with Gasteiger partial charge in [0, 0.05) is 12.2 Å². The molecular weight excluding hydrogens is 238 g/mol. The fourth-order valence-electron chi connectivity index (χ4n) is 1.83. The van der Waals surface area contributed by atoms with E-state index in [-0.39, 0.29) is 0 Å². The van der Waals surface area contributed by atoms with E-state index < -0.39 is 5.97 Å². The lowest BCUT2D eigenvalue weighted by Crippen LogP contribution is -2.01. The lowest BCUT2D eigenvalue weighted by molar-refractivity contribution is 0.0697. The van der Waals surface area contributed by atoms with Gasteiger partial charge in [0.2, 0.25) is 0 Å². The summed E-state index contributed by atoms with van der Waals surface area (Å²) >= 11 is 0. The summed E-state index contributed by atoms with van der Waals surface area (Å²) in [5.74, 6) is -0.894. The average molecular weight is 255 g/mol. The number of carbonyl (C=O) groups is 1. The number of benzene rings is 2. The first-order valence-corrected chi connectivity index (χ1v) is 6.34. The standard InChI is InChI=1S/C16H17NO2/c1-2-12-5-9-15(10-6-12)17-11-13-3-7-14(8-4-13)16(18)19/h3-10,17H,2,11H2,1H3,(H,18,19). The first-order chi connectivity index (χ1) is 9.19. The highest BCUT2D eigenvalue weighted by molar-refractivity contribution is 5.87. The highest BCUT2D eigenvalue weighted by Crippen LogP contribution is 2.12. The molecule has 3 nitrogen and oxygen atoms in total. The van der Waals surface area contributed by atoms with Crippen LogP contribution in [0.2, 0.25) is 0 Å². The van der Waals surface area contributed by atoms with Crippen molar-refractivity contribution in [2.45, 2.75) is 19.9 Å². The van der Waals surface area contributed by atoms with Crippen molar-refractivity contribution < 1.29 is 9.90 Å². The van der Waals surface area contributed by atoms with Crippen LogP contribution in [0.3, 0.4) is 0 Å². The van der Waals surface area contributed by atoms with Crippen molar-refractivity contribution in [3.05, 3.63) is 65.2 Å². The monoisotopic (exact) mass is 255 g/mol. The zero-order chi connectivity index (χ0) is 13.7. The Balaban J connectivity index is 1.95. The molecule has 0 aliphatic carbocycles. The van der Waals surface area contributed by atoms with Gasteiger partial charge in [-0.05, 0) is 41.8 Å². The Hall–Kier alpha value is -2.29. The second-order valence-corrected chi connectivity index (χ2v) is 4.41. The lowest BCUT2D eigenvalue weighted by atomic mass is 10.1. The predicted octanol–water partition coefficient (Wildman–Crippen LogP) is 3.56. The number of hydrogen-bond acceptors (Lipinski definition) is 2. The van der Waals surface area contributed by atoms with Gasteiger partial charge < -0.3 is 10.4 Å². The van der Waals surface area contributed by atoms with Crippen LogP contribution < -0.4 is 5.32 Å². The van der Waals surface area contributed by atoms with Crippen LogP contribution in [0, 0.1) is 0 Å². The van der Waals surface area contributed by atoms with Crippen molar-refractivity contribution in [3.8, 4) is 0 Å². The lowest BCUT2D eigenvalue weighted by Gasteiger charge is -2.07. The molecule has 0 saturated carbocycles. The minimum Gasteiger partial charge on any atom is -0.478 e. The Morgan fingerprint density at radius 2 is 1.58 bits per heavy atom. The van der Waals surface area contributed by atoms with Gasteiger partial charge in [-0.2, -0.15) is 0 Å². The number of anilines is 1. The molecule has 0 heterocycles.